The number of hydrogen-bond acceptors (Lipinski definition) is 3. The summed E-state index contributed by atoms with van der Waals surface area (Å²) in [5.74, 6) is 0.461. The molecule has 0 unspecified atom stereocenters. The largest absolute Gasteiger partial charge is 0.504 e. The molecule has 67 valence electrons. The summed E-state index contributed by atoms with van der Waals surface area (Å²) in [5.41, 5.74) is 0.724. The van der Waals surface area contributed by atoms with Crippen LogP contribution in [0.4, 0.5) is 0 Å². The predicted molar refractivity (Wildman–Crippen MR) is 49.4 cm³/mol. The van der Waals surface area contributed by atoms with Gasteiger partial charge in [-0.3, -0.25) is 4.79 Å². The Morgan fingerprint density at radius 2 is 2.31 bits per heavy atom. The van der Waals surface area contributed by atoms with Crippen molar-refractivity contribution in [3.8, 4) is 11.5 Å². The SMILES string of the molecule is COc1ccc(/C=C/[C]=O)cc1O. The summed E-state index contributed by atoms with van der Waals surface area (Å²) in [6.07, 6.45) is 4.41. The van der Waals surface area contributed by atoms with Crippen molar-refractivity contribution in [2.75, 3.05) is 7.11 Å². The van der Waals surface area contributed by atoms with Crippen LogP contribution in [0.15, 0.2) is 24.3 Å². The van der Waals surface area contributed by atoms with Crippen molar-refractivity contribution in [1.29, 1.82) is 0 Å². The lowest BCUT2D eigenvalue weighted by atomic mass is 10.2. The van der Waals surface area contributed by atoms with Gasteiger partial charge in [-0.05, 0) is 23.8 Å². The van der Waals surface area contributed by atoms with E-state index < -0.39 is 0 Å². The first-order valence-electron chi connectivity index (χ1n) is 3.69. The van der Waals surface area contributed by atoms with E-state index in [1.165, 1.54) is 19.3 Å². The lowest BCUT2D eigenvalue weighted by molar-refractivity contribution is 0.373. The summed E-state index contributed by atoms with van der Waals surface area (Å²) in [4.78, 5) is 9.89. The molecule has 13 heavy (non-hydrogen) atoms. The smallest absolute Gasteiger partial charge is 0.225 e. The van der Waals surface area contributed by atoms with Crippen LogP contribution < -0.4 is 4.74 Å². The van der Waals surface area contributed by atoms with Crippen LogP contribution in [0.25, 0.3) is 6.08 Å². The molecule has 0 atom stereocenters. The van der Waals surface area contributed by atoms with Crippen molar-refractivity contribution in [3.63, 3.8) is 0 Å². The topological polar surface area (TPSA) is 46.5 Å². The standard InChI is InChI=1S/C10H9O3/c1-13-10-5-4-8(3-2-6-11)7-9(10)12/h2-5,7,12H,1H3/b3-2+. The van der Waals surface area contributed by atoms with E-state index in [2.05, 4.69) is 0 Å². The van der Waals surface area contributed by atoms with Crippen LogP contribution in [-0.2, 0) is 4.79 Å². The Kier molecular flexibility index (Phi) is 3.09. The number of hydrogen-bond donors (Lipinski definition) is 1. The van der Waals surface area contributed by atoms with Crippen molar-refractivity contribution in [1.82, 2.24) is 0 Å². The number of phenols is 1. The van der Waals surface area contributed by atoms with Crippen molar-refractivity contribution in [3.05, 3.63) is 29.8 Å². The minimum absolute atomic E-state index is 0.0514. The second-order valence-electron chi connectivity index (χ2n) is 2.38. The Bertz CT molecular complexity index is 329. The molecule has 1 aromatic carbocycles. The number of phenolic OH excluding ortho intramolecular Hbond substituents is 1. The quantitative estimate of drug-likeness (QED) is 0.712. The maximum absolute atomic E-state index is 9.89. The summed E-state index contributed by atoms with van der Waals surface area (Å²) in [5, 5.41) is 9.33. The fraction of sp³-hybridized carbons (Fsp3) is 0.100. The number of rotatable bonds is 3. The van der Waals surface area contributed by atoms with Crippen LogP contribution in [0.3, 0.4) is 0 Å². The first-order chi connectivity index (χ1) is 6.27. The van der Waals surface area contributed by atoms with Gasteiger partial charge in [0.05, 0.1) is 7.11 Å². The average molecular weight is 177 g/mol. The van der Waals surface area contributed by atoms with Crippen molar-refractivity contribution < 1.29 is 14.6 Å². The third-order valence-electron chi connectivity index (χ3n) is 1.55. The molecule has 0 aliphatic carbocycles. The molecule has 1 radical (unpaired) electrons. The van der Waals surface area contributed by atoms with Crippen LogP contribution in [0.2, 0.25) is 0 Å². The molecule has 0 heterocycles. The molecule has 0 aliphatic heterocycles. The molecule has 0 saturated carbocycles. The van der Waals surface area contributed by atoms with Gasteiger partial charge in [-0.1, -0.05) is 12.1 Å². The van der Waals surface area contributed by atoms with Crippen molar-refractivity contribution in [2.45, 2.75) is 0 Å². The third-order valence-corrected chi connectivity index (χ3v) is 1.55. The molecule has 3 heteroatoms. The van der Waals surface area contributed by atoms with E-state index in [1.807, 2.05) is 0 Å². The van der Waals surface area contributed by atoms with Gasteiger partial charge in [0.15, 0.2) is 11.5 Å². The highest BCUT2D eigenvalue weighted by Gasteiger charge is 1.99. The molecule has 0 aromatic heterocycles. The number of benzene rings is 1. The lowest BCUT2D eigenvalue weighted by Crippen LogP contribution is -1.83. The Hall–Kier alpha value is -1.77. The van der Waals surface area contributed by atoms with Gasteiger partial charge in [0.1, 0.15) is 0 Å². The molecule has 0 saturated heterocycles. The van der Waals surface area contributed by atoms with Gasteiger partial charge in [-0.25, -0.2) is 0 Å². The highest BCUT2D eigenvalue weighted by Crippen LogP contribution is 2.26. The molecule has 1 N–H and O–H groups in total. The van der Waals surface area contributed by atoms with E-state index in [-0.39, 0.29) is 5.75 Å². The fourth-order valence-electron chi connectivity index (χ4n) is 0.941. The molecule has 3 nitrogen and oxygen atoms in total. The normalized spacial score (nSPS) is 10.2. The average Bonchev–Trinajstić information content (AvgIpc) is 2.15. The highest BCUT2D eigenvalue weighted by molar-refractivity contribution is 5.74. The van der Waals surface area contributed by atoms with E-state index in [0.717, 1.165) is 5.56 Å². The van der Waals surface area contributed by atoms with Crippen LogP contribution in [-0.4, -0.2) is 18.5 Å². The Labute approximate surface area is 76.3 Å². The zero-order valence-corrected chi connectivity index (χ0v) is 7.15. The van der Waals surface area contributed by atoms with Crippen LogP contribution >= 0.6 is 0 Å². The maximum atomic E-state index is 9.89. The van der Waals surface area contributed by atoms with Crippen LogP contribution in [0.1, 0.15) is 5.56 Å². The summed E-state index contributed by atoms with van der Waals surface area (Å²) in [6, 6.07) is 4.86. The fourth-order valence-corrected chi connectivity index (χ4v) is 0.941. The monoisotopic (exact) mass is 177 g/mol. The van der Waals surface area contributed by atoms with Crippen LogP contribution in [0, 0.1) is 0 Å². The van der Waals surface area contributed by atoms with Gasteiger partial charge < -0.3 is 9.84 Å². The van der Waals surface area contributed by atoms with Gasteiger partial charge in [-0.15, -0.1) is 0 Å². The molecule has 0 bridgehead atoms. The van der Waals surface area contributed by atoms with Gasteiger partial charge in [-0.2, -0.15) is 0 Å². The first kappa shape index (κ1) is 9.32. The van der Waals surface area contributed by atoms with Gasteiger partial charge in [0.25, 0.3) is 0 Å². The number of methoxy groups -OCH3 is 1. The van der Waals surface area contributed by atoms with E-state index in [1.54, 1.807) is 24.5 Å². The summed E-state index contributed by atoms with van der Waals surface area (Å²) >= 11 is 0. The van der Waals surface area contributed by atoms with Gasteiger partial charge >= 0.3 is 0 Å². The molecule has 0 amide bonds. The zero-order valence-electron chi connectivity index (χ0n) is 7.15. The number of ether oxygens (including phenoxy) is 1. The lowest BCUT2D eigenvalue weighted by Gasteiger charge is -2.02. The second kappa shape index (κ2) is 4.30. The molecule has 0 fully saturated rings. The minimum Gasteiger partial charge on any atom is -0.504 e. The van der Waals surface area contributed by atoms with Crippen molar-refractivity contribution in [2.24, 2.45) is 0 Å². The van der Waals surface area contributed by atoms with E-state index >= 15 is 0 Å². The summed E-state index contributed by atoms with van der Waals surface area (Å²) in [7, 11) is 1.48. The number of aromatic hydroxyl groups is 1. The van der Waals surface area contributed by atoms with E-state index in [0.29, 0.717) is 5.75 Å². The first-order valence-corrected chi connectivity index (χ1v) is 3.69. The van der Waals surface area contributed by atoms with Crippen LogP contribution in [0.5, 0.6) is 11.5 Å². The Morgan fingerprint density at radius 3 is 2.85 bits per heavy atom. The maximum Gasteiger partial charge on any atom is 0.225 e. The second-order valence-corrected chi connectivity index (χ2v) is 2.38. The van der Waals surface area contributed by atoms with Gasteiger partial charge in [0, 0.05) is 0 Å². The number of allylic oxidation sites excluding steroid dienone is 1. The predicted octanol–water partition coefficient (Wildman–Crippen LogP) is 1.52. The molecule has 1 rings (SSSR count). The Morgan fingerprint density at radius 1 is 1.54 bits per heavy atom. The highest BCUT2D eigenvalue weighted by atomic mass is 16.5. The van der Waals surface area contributed by atoms with Crippen molar-refractivity contribution >= 4 is 12.4 Å². The molecular formula is C10H9O3. The summed E-state index contributed by atoms with van der Waals surface area (Å²) < 4.78 is 4.85. The van der Waals surface area contributed by atoms with Gasteiger partial charge in [0.2, 0.25) is 6.29 Å². The summed E-state index contributed by atoms with van der Waals surface area (Å²) in [6.45, 7) is 0. The van der Waals surface area contributed by atoms with E-state index in [4.69, 9.17) is 4.74 Å². The minimum atomic E-state index is 0.0514. The third kappa shape index (κ3) is 2.33. The molecule has 0 aliphatic rings. The molecule has 0 spiro atoms. The number of carbonyl (C=O) groups excluding carboxylic acids is 1. The molecule has 1 aromatic rings. The zero-order chi connectivity index (χ0) is 9.68. The van der Waals surface area contributed by atoms with E-state index in [9.17, 15) is 9.90 Å². The molecular weight excluding hydrogens is 168 g/mol. The Balaban J connectivity index is 2.95.